The van der Waals surface area contributed by atoms with Gasteiger partial charge in [-0.1, -0.05) is 13.3 Å². The van der Waals surface area contributed by atoms with E-state index in [-0.39, 0.29) is 0 Å². The summed E-state index contributed by atoms with van der Waals surface area (Å²) in [5, 5.41) is 0. The van der Waals surface area contributed by atoms with Crippen molar-refractivity contribution in [3.05, 3.63) is 0 Å². The van der Waals surface area contributed by atoms with Crippen molar-refractivity contribution >= 4 is 0 Å². The van der Waals surface area contributed by atoms with Crippen molar-refractivity contribution < 1.29 is 0 Å². The molecule has 2 unspecified atom stereocenters. The molecular weight excluding hydrogens is 112 g/mol. The molecule has 0 saturated carbocycles. The summed E-state index contributed by atoms with van der Waals surface area (Å²) in [5.74, 6) is 0. The molecule has 2 heteroatoms. The number of unbranched alkanes of at least 4 members (excludes halogenated alkanes) is 1. The quantitative estimate of drug-likeness (QED) is 0.556. The molecule has 2 N–H and O–H groups in total. The van der Waals surface area contributed by atoms with Gasteiger partial charge in [-0.3, -0.25) is 4.90 Å². The van der Waals surface area contributed by atoms with Gasteiger partial charge in [-0.2, -0.15) is 0 Å². The molecule has 1 saturated heterocycles. The lowest BCUT2D eigenvalue weighted by molar-refractivity contribution is 0.488. The summed E-state index contributed by atoms with van der Waals surface area (Å²) < 4.78 is 0. The standard InChI is InChI=1S/C7H16N2/c1-2-3-4-9-6-7(9)5-8/h7H,2-6,8H2,1H3. The highest BCUT2D eigenvalue weighted by Crippen LogP contribution is 2.15. The van der Waals surface area contributed by atoms with Crippen LogP contribution in [-0.2, 0) is 0 Å². The normalized spacial score (nSPS) is 32.7. The van der Waals surface area contributed by atoms with Gasteiger partial charge in [0.1, 0.15) is 0 Å². The second kappa shape index (κ2) is 3.18. The van der Waals surface area contributed by atoms with Crippen molar-refractivity contribution in [3.63, 3.8) is 0 Å². The molecule has 0 aromatic carbocycles. The summed E-state index contributed by atoms with van der Waals surface area (Å²) in [5.41, 5.74) is 5.45. The molecule has 1 aliphatic rings. The van der Waals surface area contributed by atoms with Crippen LogP contribution in [0.3, 0.4) is 0 Å². The fourth-order valence-electron chi connectivity index (χ4n) is 1.08. The summed E-state index contributed by atoms with van der Waals surface area (Å²) in [6, 6.07) is 0.733. The molecule has 0 radical (unpaired) electrons. The van der Waals surface area contributed by atoms with Gasteiger partial charge >= 0.3 is 0 Å². The molecule has 1 aliphatic heterocycles. The van der Waals surface area contributed by atoms with Crippen LogP contribution in [0.2, 0.25) is 0 Å². The lowest BCUT2D eigenvalue weighted by atomic mass is 10.3. The largest absolute Gasteiger partial charge is 0.329 e. The van der Waals surface area contributed by atoms with Gasteiger partial charge in [0, 0.05) is 19.1 Å². The minimum absolute atomic E-state index is 0.733. The molecule has 0 aromatic heterocycles. The van der Waals surface area contributed by atoms with Crippen LogP contribution >= 0.6 is 0 Å². The average molecular weight is 128 g/mol. The molecule has 0 amide bonds. The van der Waals surface area contributed by atoms with Crippen molar-refractivity contribution in [3.8, 4) is 0 Å². The van der Waals surface area contributed by atoms with Crippen LogP contribution in [0.15, 0.2) is 0 Å². The smallest absolute Gasteiger partial charge is 0.0346 e. The first-order chi connectivity index (χ1) is 4.38. The van der Waals surface area contributed by atoms with Gasteiger partial charge in [0.25, 0.3) is 0 Å². The Kier molecular flexibility index (Phi) is 2.49. The predicted octanol–water partition coefficient (Wildman–Crippen LogP) is 0.429. The summed E-state index contributed by atoms with van der Waals surface area (Å²) >= 11 is 0. The van der Waals surface area contributed by atoms with Gasteiger partial charge in [0.05, 0.1) is 0 Å². The first-order valence-corrected chi connectivity index (χ1v) is 3.82. The van der Waals surface area contributed by atoms with E-state index in [1.807, 2.05) is 0 Å². The molecule has 0 aromatic rings. The summed E-state index contributed by atoms with van der Waals surface area (Å²) in [6.45, 7) is 5.58. The van der Waals surface area contributed by atoms with Crippen molar-refractivity contribution in [2.24, 2.45) is 5.73 Å². The zero-order chi connectivity index (χ0) is 6.69. The Morgan fingerprint density at radius 2 is 2.44 bits per heavy atom. The Labute approximate surface area is 57.0 Å². The molecule has 54 valence electrons. The molecule has 2 atom stereocenters. The number of hydrogen-bond donors (Lipinski definition) is 1. The van der Waals surface area contributed by atoms with E-state index < -0.39 is 0 Å². The van der Waals surface area contributed by atoms with Crippen molar-refractivity contribution in [1.82, 2.24) is 4.90 Å². The molecular formula is C7H16N2. The van der Waals surface area contributed by atoms with Crippen LogP contribution in [0.4, 0.5) is 0 Å². The molecule has 2 nitrogen and oxygen atoms in total. The first-order valence-electron chi connectivity index (χ1n) is 3.82. The van der Waals surface area contributed by atoms with Gasteiger partial charge in [0.2, 0.25) is 0 Å². The Morgan fingerprint density at radius 1 is 1.67 bits per heavy atom. The lowest BCUT2D eigenvalue weighted by Gasteiger charge is -1.98. The molecule has 1 rings (SSSR count). The van der Waals surface area contributed by atoms with Crippen molar-refractivity contribution in [2.45, 2.75) is 25.8 Å². The Morgan fingerprint density at radius 3 is 2.89 bits per heavy atom. The zero-order valence-electron chi connectivity index (χ0n) is 6.14. The van der Waals surface area contributed by atoms with Crippen LogP contribution in [-0.4, -0.2) is 30.6 Å². The maximum Gasteiger partial charge on any atom is 0.0346 e. The predicted molar refractivity (Wildman–Crippen MR) is 39.3 cm³/mol. The number of rotatable bonds is 4. The van der Waals surface area contributed by atoms with E-state index in [2.05, 4.69) is 11.8 Å². The third-order valence-corrected chi connectivity index (χ3v) is 1.90. The van der Waals surface area contributed by atoms with Crippen molar-refractivity contribution in [2.75, 3.05) is 19.6 Å². The minimum Gasteiger partial charge on any atom is -0.329 e. The Balaban J connectivity index is 1.92. The van der Waals surface area contributed by atoms with E-state index in [4.69, 9.17) is 5.73 Å². The first kappa shape index (κ1) is 7.03. The van der Waals surface area contributed by atoms with E-state index in [1.165, 1.54) is 25.9 Å². The van der Waals surface area contributed by atoms with Gasteiger partial charge in [0.15, 0.2) is 0 Å². The van der Waals surface area contributed by atoms with Crippen LogP contribution < -0.4 is 5.73 Å². The SMILES string of the molecule is CCCCN1CC1CN. The highest BCUT2D eigenvalue weighted by Gasteiger charge is 2.30. The van der Waals surface area contributed by atoms with Crippen LogP contribution in [0.5, 0.6) is 0 Å². The monoisotopic (exact) mass is 128 g/mol. The molecule has 1 heterocycles. The molecule has 0 aliphatic carbocycles. The Hall–Kier alpha value is -0.0800. The lowest BCUT2D eigenvalue weighted by Crippen LogP contribution is -2.13. The van der Waals surface area contributed by atoms with Crippen LogP contribution in [0, 0.1) is 0 Å². The van der Waals surface area contributed by atoms with E-state index in [0.29, 0.717) is 0 Å². The zero-order valence-corrected chi connectivity index (χ0v) is 6.14. The third-order valence-electron chi connectivity index (χ3n) is 1.90. The maximum absolute atomic E-state index is 5.45. The Bertz CT molecular complexity index is 83.0. The van der Waals surface area contributed by atoms with Crippen molar-refractivity contribution in [1.29, 1.82) is 0 Å². The summed E-state index contributed by atoms with van der Waals surface area (Å²) in [4.78, 5) is 2.43. The van der Waals surface area contributed by atoms with E-state index in [1.54, 1.807) is 0 Å². The van der Waals surface area contributed by atoms with Gasteiger partial charge in [-0.05, 0) is 13.0 Å². The topological polar surface area (TPSA) is 29.0 Å². The van der Waals surface area contributed by atoms with Gasteiger partial charge in [-0.15, -0.1) is 0 Å². The third kappa shape index (κ3) is 1.95. The fourth-order valence-corrected chi connectivity index (χ4v) is 1.08. The van der Waals surface area contributed by atoms with E-state index in [0.717, 1.165) is 12.6 Å². The number of nitrogens with zero attached hydrogens (tertiary/aromatic N) is 1. The second-order valence-electron chi connectivity index (χ2n) is 2.74. The van der Waals surface area contributed by atoms with E-state index >= 15 is 0 Å². The summed E-state index contributed by atoms with van der Waals surface area (Å²) in [6.07, 6.45) is 2.63. The van der Waals surface area contributed by atoms with E-state index in [9.17, 15) is 0 Å². The van der Waals surface area contributed by atoms with Crippen LogP contribution in [0.1, 0.15) is 19.8 Å². The number of hydrogen-bond acceptors (Lipinski definition) is 2. The second-order valence-corrected chi connectivity index (χ2v) is 2.74. The van der Waals surface area contributed by atoms with Gasteiger partial charge in [-0.25, -0.2) is 0 Å². The molecule has 9 heavy (non-hydrogen) atoms. The molecule has 0 spiro atoms. The average Bonchev–Trinajstić information content (AvgIpc) is 2.62. The maximum atomic E-state index is 5.45. The van der Waals surface area contributed by atoms with Crippen LogP contribution in [0.25, 0.3) is 0 Å². The molecule has 0 bridgehead atoms. The van der Waals surface area contributed by atoms with Gasteiger partial charge < -0.3 is 5.73 Å². The number of nitrogens with two attached hydrogens (primary N) is 1. The molecule has 1 fully saturated rings. The minimum atomic E-state index is 0.733. The summed E-state index contributed by atoms with van der Waals surface area (Å²) in [7, 11) is 0. The highest BCUT2D eigenvalue weighted by molar-refractivity contribution is 4.89. The fraction of sp³-hybridized carbons (Fsp3) is 1.00. The highest BCUT2D eigenvalue weighted by atomic mass is 15.3.